The fourth-order valence-corrected chi connectivity index (χ4v) is 3.14. The van der Waals surface area contributed by atoms with E-state index in [4.69, 9.17) is 0 Å². The molecule has 1 N–H and O–H groups in total. The highest BCUT2D eigenvalue weighted by Gasteiger charge is 2.15. The number of nitrogens with zero attached hydrogens (tertiary/aromatic N) is 3. The van der Waals surface area contributed by atoms with E-state index in [2.05, 4.69) is 22.3 Å². The van der Waals surface area contributed by atoms with Gasteiger partial charge in [-0.3, -0.25) is 14.5 Å². The van der Waals surface area contributed by atoms with Gasteiger partial charge in [-0.2, -0.15) is 0 Å². The van der Waals surface area contributed by atoms with E-state index in [0.717, 1.165) is 18.8 Å². The molecule has 1 aliphatic heterocycles. The summed E-state index contributed by atoms with van der Waals surface area (Å²) in [5.74, 6) is -0.0564. The van der Waals surface area contributed by atoms with Gasteiger partial charge in [-0.15, -0.1) is 0 Å². The molecule has 0 unspecified atom stereocenters. The van der Waals surface area contributed by atoms with E-state index in [1.165, 1.54) is 18.5 Å². The van der Waals surface area contributed by atoms with Crippen LogP contribution in [0.5, 0.6) is 0 Å². The largest absolute Gasteiger partial charge is 0.372 e. The molecular weight excluding hydrogens is 316 g/mol. The Bertz CT molecular complexity index is 563. The monoisotopic (exact) mass is 346 g/mol. The van der Waals surface area contributed by atoms with Crippen LogP contribution in [0.15, 0.2) is 24.3 Å². The van der Waals surface area contributed by atoms with Gasteiger partial charge < -0.3 is 15.1 Å². The van der Waals surface area contributed by atoms with Gasteiger partial charge in [-0.1, -0.05) is 0 Å². The van der Waals surface area contributed by atoms with Gasteiger partial charge in [0.1, 0.15) is 0 Å². The fourth-order valence-electron chi connectivity index (χ4n) is 3.14. The standard InChI is InChI=1S/C19H30N4O2/c1-4-22(5-2)19(25)15-21(3)14-18(24)20-16-8-10-17(11-9-16)23-12-6-7-13-23/h8-11H,4-7,12-15H2,1-3H3,(H,20,24). The van der Waals surface area contributed by atoms with Crippen LogP contribution in [-0.2, 0) is 9.59 Å². The molecule has 1 aromatic rings. The highest BCUT2D eigenvalue weighted by atomic mass is 16.2. The molecular formula is C19H30N4O2. The van der Waals surface area contributed by atoms with Crippen molar-refractivity contribution in [1.82, 2.24) is 9.80 Å². The summed E-state index contributed by atoms with van der Waals surface area (Å²) in [4.78, 5) is 30.1. The van der Waals surface area contributed by atoms with Crippen molar-refractivity contribution >= 4 is 23.2 Å². The van der Waals surface area contributed by atoms with Crippen LogP contribution in [0.2, 0.25) is 0 Å². The minimum Gasteiger partial charge on any atom is -0.372 e. The average Bonchev–Trinajstić information content (AvgIpc) is 3.10. The highest BCUT2D eigenvalue weighted by Crippen LogP contribution is 2.21. The summed E-state index contributed by atoms with van der Waals surface area (Å²) < 4.78 is 0. The highest BCUT2D eigenvalue weighted by molar-refractivity contribution is 5.92. The summed E-state index contributed by atoms with van der Waals surface area (Å²) in [6.45, 7) is 7.97. The molecule has 1 saturated heterocycles. The first-order valence-corrected chi connectivity index (χ1v) is 9.14. The molecule has 138 valence electrons. The quantitative estimate of drug-likeness (QED) is 0.782. The average molecular weight is 346 g/mol. The Kier molecular flexibility index (Phi) is 7.25. The normalized spacial score (nSPS) is 14.0. The number of anilines is 2. The van der Waals surface area contributed by atoms with Gasteiger partial charge >= 0.3 is 0 Å². The molecule has 1 fully saturated rings. The van der Waals surface area contributed by atoms with Crippen molar-refractivity contribution < 1.29 is 9.59 Å². The minimum atomic E-state index is -0.108. The maximum atomic E-state index is 12.2. The Labute approximate surface area is 150 Å². The van der Waals surface area contributed by atoms with Gasteiger partial charge in [0.25, 0.3) is 0 Å². The van der Waals surface area contributed by atoms with Crippen molar-refractivity contribution in [2.75, 3.05) is 56.5 Å². The molecule has 0 aliphatic carbocycles. The van der Waals surface area contributed by atoms with E-state index >= 15 is 0 Å². The van der Waals surface area contributed by atoms with Crippen molar-refractivity contribution in [3.05, 3.63) is 24.3 Å². The fraction of sp³-hybridized carbons (Fsp3) is 0.579. The number of benzene rings is 1. The van der Waals surface area contributed by atoms with Crippen LogP contribution < -0.4 is 10.2 Å². The second kappa shape index (κ2) is 9.42. The van der Waals surface area contributed by atoms with Crippen LogP contribution in [0, 0.1) is 0 Å². The van der Waals surface area contributed by atoms with E-state index in [-0.39, 0.29) is 24.9 Å². The molecule has 0 atom stereocenters. The summed E-state index contributed by atoms with van der Waals surface area (Å²) in [6, 6.07) is 7.97. The Morgan fingerprint density at radius 1 is 1.04 bits per heavy atom. The third-order valence-electron chi connectivity index (χ3n) is 4.56. The van der Waals surface area contributed by atoms with Gasteiger partial charge in [-0.05, 0) is 58.0 Å². The van der Waals surface area contributed by atoms with E-state index < -0.39 is 0 Å². The summed E-state index contributed by atoms with van der Waals surface area (Å²) in [6.07, 6.45) is 2.49. The molecule has 6 nitrogen and oxygen atoms in total. The zero-order valence-electron chi connectivity index (χ0n) is 15.6. The number of likely N-dealkylation sites (N-methyl/N-ethyl adjacent to an activating group) is 2. The molecule has 0 radical (unpaired) electrons. The number of hydrogen-bond donors (Lipinski definition) is 1. The lowest BCUT2D eigenvalue weighted by atomic mass is 10.2. The van der Waals surface area contributed by atoms with Crippen molar-refractivity contribution in [2.45, 2.75) is 26.7 Å². The zero-order chi connectivity index (χ0) is 18.2. The molecule has 1 aromatic carbocycles. The molecule has 0 aromatic heterocycles. The van der Waals surface area contributed by atoms with E-state index in [0.29, 0.717) is 13.1 Å². The summed E-state index contributed by atoms with van der Waals surface area (Å²) in [7, 11) is 1.79. The minimum absolute atomic E-state index is 0.0512. The molecule has 2 amide bonds. The SMILES string of the molecule is CCN(CC)C(=O)CN(C)CC(=O)Nc1ccc(N2CCCC2)cc1. The molecule has 1 aliphatic rings. The third-order valence-corrected chi connectivity index (χ3v) is 4.56. The number of carbonyl (C=O) groups is 2. The van der Waals surface area contributed by atoms with Crippen LogP contribution in [0.1, 0.15) is 26.7 Å². The van der Waals surface area contributed by atoms with Gasteiger partial charge in [-0.25, -0.2) is 0 Å². The van der Waals surface area contributed by atoms with Gasteiger partial charge in [0.2, 0.25) is 11.8 Å². The summed E-state index contributed by atoms with van der Waals surface area (Å²) >= 11 is 0. The number of amides is 2. The summed E-state index contributed by atoms with van der Waals surface area (Å²) in [5.41, 5.74) is 1.99. The lowest BCUT2D eigenvalue weighted by Crippen LogP contribution is -2.41. The predicted octanol–water partition coefficient (Wildman–Crippen LogP) is 2.03. The second-order valence-electron chi connectivity index (χ2n) is 6.53. The zero-order valence-corrected chi connectivity index (χ0v) is 15.6. The Morgan fingerprint density at radius 3 is 2.20 bits per heavy atom. The number of carbonyl (C=O) groups excluding carboxylic acids is 2. The number of rotatable bonds is 8. The first-order valence-electron chi connectivity index (χ1n) is 9.14. The van der Waals surface area contributed by atoms with Crippen molar-refractivity contribution in [3.8, 4) is 0 Å². The Hall–Kier alpha value is -2.08. The lowest BCUT2D eigenvalue weighted by molar-refractivity contribution is -0.132. The number of hydrogen-bond acceptors (Lipinski definition) is 4. The van der Waals surface area contributed by atoms with Crippen molar-refractivity contribution in [3.63, 3.8) is 0 Å². The maximum absolute atomic E-state index is 12.2. The van der Waals surface area contributed by atoms with E-state index in [1.807, 2.05) is 26.0 Å². The molecule has 0 spiro atoms. The molecule has 2 rings (SSSR count). The van der Waals surface area contributed by atoms with Crippen LogP contribution in [-0.4, -0.2) is 67.9 Å². The van der Waals surface area contributed by atoms with Crippen LogP contribution in [0.4, 0.5) is 11.4 Å². The van der Waals surface area contributed by atoms with Gasteiger partial charge in [0.05, 0.1) is 13.1 Å². The molecule has 25 heavy (non-hydrogen) atoms. The predicted molar refractivity (Wildman–Crippen MR) is 102 cm³/mol. The molecule has 1 heterocycles. The number of nitrogens with one attached hydrogen (secondary N) is 1. The summed E-state index contributed by atoms with van der Waals surface area (Å²) in [5, 5.41) is 2.90. The van der Waals surface area contributed by atoms with Gasteiger partial charge in [0.15, 0.2) is 0 Å². The first-order chi connectivity index (χ1) is 12.0. The lowest BCUT2D eigenvalue weighted by Gasteiger charge is -2.22. The van der Waals surface area contributed by atoms with E-state index in [9.17, 15) is 9.59 Å². The molecule has 0 bridgehead atoms. The Balaban J connectivity index is 1.80. The third kappa shape index (κ3) is 5.74. The topological polar surface area (TPSA) is 55.9 Å². The molecule has 0 saturated carbocycles. The second-order valence-corrected chi connectivity index (χ2v) is 6.53. The van der Waals surface area contributed by atoms with Crippen LogP contribution in [0.25, 0.3) is 0 Å². The van der Waals surface area contributed by atoms with Crippen LogP contribution >= 0.6 is 0 Å². The van der Waals surface area contributed by atoms with Crippen LogP contribution in [0.3, 0.4) is 0 Å². The van der Waals surface area contributed by atoms with Crippen molar-refractivity contribution in [1.29, 1.82) is 0 Å². The maximum Gasteiger partial charge on any atom is 0.238 e. The smallest absolute Gasteiger partial charge is 0.238 e. The van der Waals surface area contributed by atoms with Gasteiger partial charge in [0, 0.05) is 37.6 Å². The molecule has 6 heteroatoms. The first kappa shape index (κ1) is 19.2. The van der Waals surface area contributed by atoms with E-state index in [1.54, 1.807) is 16.8 Å². The van der Waals surface area contributed by atoms with Crippen molar-refractivity contribution in [2.24, 2.45) is 0 Å². The Morgan fingerprint density at radius 2 is 1.64 bits per heavy atom.